The van der Waals surface area contributed by atoms with Crippen molar-refractivity contribution in [2.45, 2.75) is 32.6 Å². The summed E-state index contributed by atoms with van der Waals surface area (Å²) in [5, 5.41) is 1.99. The van der Waals surface area contributed by atoms with Gasteiger partial charge in [0.25, 0.3) is 0 Å². The highest BCUT2D eigenvalue weighted by atomic mass is 15.7. The lowest BCUT2D eigenvalue weighted by Crippen LogP contribution is -2.38. The number of nitrogens with zero attached hydrogens (tertiary/aromatic N) is 2. The summed E-state index contributed by atoms with van der Waals surface area (Å²) in [6, 6.07) is 2.11. The van der Waals surface area contributed by atoms with E-state index in [9.17, 15) is 0 Å². The molecule has 1 saturated carbocycles. The van der Waals surface area contributed by atoms with Gasteiger partial charge >= 0.3 is 0 Å². The average Bonchev–Trinajstić information content (AvgIpc) is 3.04. The van der Waals surface area contributed by atoms with E-state index in [1.165, 1.54) is 42.6 Å². The predicted molar refractivity (Wildman–Crippen MR) is 75.1 cm³/mol. The van der Waals surface area contributed by atoms with Crippen LogP contribution in [-0.4, -0.2) is 16.3 Å². The van der Waals surface area contributed by atoms with E-state index in [4.69, 9.17) is 0 Å². The van der Waals surface area contributed by atoms with Crippen LogP contribution in [0.4, 0.5) is 5.82 Å². The fourth-order valence-electron chi connectivity index (χ4n) is 3.51. The van der Waals surface area contributed by atoms with Crippen LogP contribution in [0.3, 0.4) is 0 Å². The number of hydrogen-bond acceptors (Lipinski definition) is 4. The SMILES string of the molecule is CC1CCCCC1C1=C2c3cc[nH]c3N=CN2NN1. The highest BCUT2D eigenvalue weighted by Gasteiger charge is 2.35. The number of allylic oxidation sites excluding steroid dienone is 1. The average molecular weight is 257 g/mol. The molecule has 19 heavy (non-hydrogen) atoms. The third-order valence-corrected chi connectivity index (χ3v) is 4.57. The summed E-state index contributed by atoms with van der Waals surface area (Å²) in [6.07, 6.45) is 9.10. The lowest BCUT2D eigenvalue weighted by molar-refractivity contribution is 0.279. The Morgan fingerprint density at radius 3 is 3.11 bits per heavy atom. The summed E-state index contributed by atoms with van der Waals surface area (Å²) in [6.45, 7) is 2.37. The molecule has 100 valence electrons. The molecule has 4 rings (SSSR count). The first-order chi connectivity index (χ1) is 9.34. The highest BCUT2D eigenvalue weighted by molar-refractivity contribution is 5.87. The van der Waals surface area contributed by atoms with E-state index in [0.717, 1.165) is 11.7 Å². The molecule has 3 aliphatic rings. The van der Waals surface area contributed by atoms with Crippen LogP contribution in [0.5, 0.6) is 0 Å². The van der Waals surface area contributed by atoms with Crippen molar-refractivity contribution in [3.63, 3.8) is 0 Å². The minimum atomic E-state index is 0.621. The molecule has 0 aromatic carbocycles. The van der Waals surface area contributed by atoms with E-state index in [2.05, 4.69) is 33.9 Å². The summed E-state index contributed by atoms with van der Waals surface area (Å²) in [7, 11) is 0. The van der Waals surface area contributed by atoms with Gasteiger partial charge in [-0.1, -0.05) is 26.2 Å². The molecule has 1 aromatic heterocycles. The Bertz CT molecular complexity index is 556. The first-order valence-electron chi connectivity index (χ1n) is 7.11. The second-order valence-electron chi connectivity index (χ2n) is 5.72. The number of nitrogens with one attached hydrogen (secondary N) is 3. The lowest BCUT2D eigenvalue weighted by atomic mass is 9.78. The third kappa shape index (κ3) is 1.61. The van der Waals surface area contributed by atoms with Crippen molar-refractivity contribution in [3.8, 4) is 0 Å². The van der Waals surface area contributed by atoms with Crippen molar-refractivity contribution in [1.29, 1.82) is 0 Å². The number of rotatable bonds is 1. The lowest BCUT2D eigenvalue weighted by Gasteiger charge is -2.30. The maximum absolute atomic E-state index is 4.40. The van der Waals surface area contributed by atoms with Crippen LogP contribution in [-0.2, 0) is 0 Å². The number of hydrogen-bond donors (Lipinski definition) is 3. The molecule has 1 aromatic rings. The molecule has 1 fully saturated rings. The maximum Gasteiger partial charge on any atom is 0.141 e. The van der Waals surface area contributed by atoms with Crippen molar-refractivity contribution in [1.82, 2.24) is 21.0 Å². The topological polar surface area (TPSA) is 55.5 Å². The van der Waals surface area contributed by atoms with E-state index >= 15 is 0 Å². The number of aliphatic imine (C=N–C) groups is 1. The van der Waals surface area contributed by atoms with Crippen molar-refractivity contribution in [2.75, 3.05) is 0 Å². The van der Waals surface area contributed by atoms with Crippen molar-refractivity contribution >= 4 is 17.9 Å². The number of aromatic amines is 1. The minimum absolute atomic E-state index is 0.621. The van der Waals surface area contributed by atoms with Crippen LogP contribution in [0.1, 0.15) is 38.2 Å². The van der Waals surface area contributed by atoms with E-state index in [0.29, 0.717) is 5.92 Å². The summed E-state index contributed by atoms with van der Waals surface area (Å²) in [5.74, 6) is 2.32. The Kier molecular flexibility index (Phi) is 2.41. The van der Waals surface area contributed by atoms with Gasteiger partial charge in [0.15, 0.2) is 0 Å². The van der Waals surface area contributed by atoms with Gasteiger partial charge in [0.2, 0.25) is 0 Å². The van der Waals surface area contributed by atoms with Gasteiger partial charge < -0.3 is 10.4 Å². The molecule has 2 aliphatic heterocycles. The fraction of sp³-hybridized carbons (Fsp3) is 0.500. The molecular weight excluding hydrogens is 238 g/mol. The first-order valence-corrected chi connectivity index (χ1v) is 7.11. The molecule has 0 spiro atoms. The molecule has 2 atom stereocenters. The molecular formula is C14H19N5. The Hall–Kier alpha value is -1.75. The molecule has 5 heteroatoms. The van der Waals surface area contributed by atoms with Crippen molar-refractivity contribution in [2.24, 2.45) is 16.8 Å². The normalized spacial score (nSPS) is 29.2. The van der Waals surface area contributed by atoms with Crippen LogP contribution in [0, 0.1) is 11.8 Å². The zero-order valence-electron chi connectivity index (χ0n) is 11.1. The van der Waals surface area contributed by atoms with Crippen LogP contribution < -0.4 is 11.0 Å². The molecule has 0 radical (unpaired) electrons. The predicted octanol–water partition coefficient (Wildman–Crippen LogP) is 2.51. The van der Waals surface area contributed by atoms with Gasteiger partial charge in [-0.2, -0.15) is 0 Å². The zero-order valence-corrected chi connectivity index (χ0v) is 11.1. The molecule has 0 saturated heterocycles. The van der Waals surface area contributed by atoms with Crippen LogP contribution in [0.2, 0.25) is 0 Å². The molecule has 0 amide bonds. The molecule has 0 bridgehead atoms. The first kappa shape index (κ1) is 11.1. The van der Waals surface area contributed by atoms with Crippen LogP contribution in [0.15, 0.2) is 23.0 Å². The largest absolute Gasteiger partial charge is 0.346 e. The van der Waals surface area contributed by atoms with Crippen LogP contribution in [0.25, 0.3) is 5.70 Å². The second kappa shape index (κ2) is 4.13. The van der Waals surface area contributed by atoms with Crippen molar-refractivity contribution in [3.05, 3.63) is 23.5 Å². The molecule has 5 nitrogen and oxygen atoms in total. The monoisotopic (exact) mass is 257 g/mol. The third-order valence-electron chi connectivity index (χ3n) is 4.57. The van der Waals surface area contributed by atoms with Gasteiger partial charge in [-0.05, 0) is 18.4 Å². The zero-order chi connectivity index (χ0) is 12.8. The number of H-pyrrole nitrogens is 1. The summed E-state index contributed by atoms with van der Waals surface area (Å²) < 4.78 is 0. The quantitative estimate of drug-likeness (QED) is 0.724. The Balaban J connectivity index is 1.79. The van der Waals surface area contributed by atoms with Gasteiger partial charge in [0, 0.05) is 17.7 Å². The van der Waals surface area contributed by atoms with Crippen molar-refractivity contribution < 1.29 is 0 Å². The maximum atomic E-state index is 4.40. The fourth-order valence-corrected chi connectivity index (χ4v) is 3.51. The molecule has 3 heterocycles. The van der Waals surface area contributed by atoms with E-state index in [1.54, 1.807) is 0 Å². The minimum Gasteiger partial charge on any atom is -0.346 e. The molecule has 3 N–H and O–H groups in total. The number of hydrazine groups is 2. The van der Waals surface area contributed by atoms with Gasteiger partial charge in [0.1, 0.15) is 12.2 Å². The Morgan fingerprint density at radius 1 is 1.32 bits per heavy atom. The van der Waals surface area contributed by atoms with Gasteiger partial charge in [-0.3, -0.25) is 0 Å². The van der Waals surface area contributed by atoms with Crippen LogP contribution >= 0.6 is 0 Å². The Labute approximate surface area is 112 Å². The molecule has 2 unspecified atom stereocenters. The summed E-state index contributed by atoms with van der Waals surface area (Å²) >= 11 is 0. The van der Waals surface area contributed by atoms with E-state index in [1.807, 2.05) is 17.5 Å². The Morgan fingerprint density at radius 2 is 2.21 bits per heavy atom. The second-order valence-corrected chi connectivity index (χ2v) is 5.72. The standard InChI is InChI=1S/C14H19N5/c1-9-4-2-3-5-10(9)12-13-11-6-7-15-14(11)16-8-19(13)18-17-12/h6-10,15,17-18H,2-5H2,1H3. The number of aromatic nitrogens is 1. The summed E-state index contributed by atoms with van der Waals surface area (Å²) in [5.41, 5.74) is 10.3. The van der Waals surface area contributed by atoms with Gasteiger partial charge in [-0.25, -0.2) is 10.0 Å². The van der Waals surface area contributed by atoms with E-state index < -0.39 is 0 Å². The van der Waals surface area contributed by atoms with Gasteiger partial charge in [-0.15, -0.1) is 5.53 Å². The van der Waals surface area contributed by atoms with Gasteiger partial charge in [0.05, 0.1) is 11.4 Å². The summed E-state index contributed by atoms with van der Waals surface area (Å²) in [4.78, 5) is 7.59. The molecule has 1 aliphatic carbocycles. The number of fused-ring (bicyclic) bond motifs is 3. The van der Waals surface area contributed by atoms with E-state index in [-0.39, 0.29) is 0 Å². The highest BCUT2D eigenvalue weighted by Crippen LogP contribution is 2.41. The smallest absolute Gasteiger partial charge is 0.141 e.